The summed E-state index contributed by atoms with van der Waals surface area (Å²) < 4.78 is 9.07. The van der Waals surface area contributed by atoms with Crippen molar-refractivity contribution in [3.63, 3.8) is 0 Å². The molecule has 0 radical (unpaired) electrons. The summed E-state index contributed by atoms with van der Waals surface area (Å²) in [6.07, 6.45) is 0. The van der Waals surface area contributed by atoms with Crippen LogP contribution < -0.4 is 0 Å². The number of carboxylic acids is 1. The Labute approximate surface area is 72.4 Å². The molecule has 0 saturated carbocycles. The highest BCUT2D eigenvalue weighted by Gasteiger charge is 2.67. The van der Waals surface area contributed by atoms with Gasteiger partial charge in [0.25, 0.3) is 0 Å². The Morgan fingerprint density at radius 3 is 2.69 bits per heavy atom. The number of aliphatic carboxylic acids is 1. The molecular weight excluding hydrogens is 180 g/mol. The zero-order chi connectivity index (χ0) is 9.64. The molecule has 2 saturated heterocycles. The maximum atomic E-state index is 11.1. The van der Waals surface area contributed by atoms with Crippen LogP contribution in [0.3, 0.4) is 0 Å². The molecule has 2 rings (SSSR count). The van der Waals surface area contributed by atoms with Gasteiger partial charge in [0.2, 0.25) is 5.41 Å². The fourth-order valence-corrected chi connectivity index (χ4v) is 1.58. The monoisotopic (exact) mass is 186 g/mol. The number of cyclic esters (lactones) is 2. The number of hydrogen-bond acceptors (Lipinski definition) is 5. The lowest BCUT2D eigenvalue weighted by Gasteiger charge is -2.12. The van der Waals surface area contributed by atoms with Gasteiger partial charge in [0.05, 0.1) is 0 Å². The van der Waals surface area contributed by atoms with Crippen LogP contribution in [0.15, 0.2) is 0 Å². The fourth-order valence-electron chi connectivity index (χ4n) is 1.58. The van der Waals surface area contributed by atoms with Gasteiger partial charge in [-0.25, -0.2) is 0 Å². The molecule has 0 aromatic heterocycles. The second kappa shape index (κ2) is 2.21. The summed E-state index contributed by atoms with van der Waals surface area (Å²) in [5.41, 5.74) is -1.78. The van der Waals surface area contributed by atoms with Crippen molar-refractivity contribution in [2.24, 2.45) is 11.3 Å². The number of carboxylic acid groups (broad SMARTS) is 1. The first-order chi connectivity index (χ1) is 6.09. The van der Waals surface area contributed by atoms with Crippen LogP contribution in [0.5, 0.6) is 0 Å². The molecule has 2 aliphatic rings. The highest BCUT2D eigenvalue weighted by molar-refractivity contribution is 6.06. The van der Waals surface area contributed by atoms with E-state index < -0.39 is 35.8 Å². The molecule has 70 valence electrons. The van der Waals surface area contributed by atoms with Gasteiger partial charge in [0.1, 0.15) is 19.1 Å². The van der Waals surface area contributed by atoms with Crippen LogP contribution >= 0.6 is 0 Å². The van der Waals surface area contributed by atoms with Crippen LogP contribution in [-0.2, 0) is 23.9 Å². The summed E-state index contributed by atoms with van der Waals surface area (Å²) in [6.45, 7) is -0.603. The van der Waals surface area contributed by atoms with Crippen LogP contribution in [0, 0.1) is 11.3 Å². The molecule has 0 bridgehead atoms. The summed E-state index contributed by atoms with van der Waals surface area (Å²) in [6, 6.07) is 0. The Morgan fingerprint density at radius 1 is 1.46 bits per heavy atom. The van der Waals surface area contributed by atoms with E-state index in [1.54, 1.807) is 0 Å². The zero-order valence-corrected chi connectivity index (χ0v) is 6.48. The van der Waals surface area contributed by atoms with E-state index in [0.717, 1.165) is 0 Å². The minimum absolute atomic E-state index is 0.191. The van der Waals surface area contributed by atoms with Gasteiger partial charge in [-0.15, -0.1) is 0 Å². The molecule has 0 aliphatic carbocycles. The number of rotatable bonds is 1. The van der Waals surface area contributed by atoms with Crippen molar-refractivity contribution in [1.82, 2.24) is 0 Å². The van der Waals surface area contributed by atoms with Gasteiger partial charge in [-0.05, 0) is 0 Å². The minimum atomic E-state index is -1.78. The van der Waals surface area contributed by atoms with Crippen molar-refractivity contribution in [3.8, 4) is 0 Å². The van der Waals surface area contributed by atoms with Crippen molar-refractivity contribution in [3.05, 3.63) is 0 Å². The van der Waals surface area contributed by atoms with Crippen LogP contribution in [-0.4, -0.2) is 36.2 Å². The van der Waals surface area contributed by atoms with Crippen molar-refractivity contribution < 1.29 is 29.0 Å². The van der Waals surface area contributed by atoms with Crippen molar-refractivity contribution in [1.29, 1.82) is 0 Å². The summed E-state index contributed by atoms with van der Waals surface area (Å²) in [5, 5.41) is 8.83. The molecule has 6 nitrogen and oxygen atoms in total. The predicted octanol–water partition coefficient (Wildman–Crippen LogP) is -1.21. The van der Waals surface area contributed by atoms with Crippen molar-refractivity contribution in [2.75, 3.05) is 13.2 Å². The van der Waals surface area contributed by atoms with Gasteiger partial charge in [-0.2, -0.15) is 0 Å². The van der Waals surface area contributed by atoms with E-state index in [9.17, 15) is 14.4 Å². The molecule has 2 heterocycles. The van der Waals surface area contributed by atoms with Gasteiger partial charge in [-0.1, -0.05) is 0 Å². The summed E-state index contributed by atoms with van der Waals surface area (Å²) in [5.74, 6) is -3.88. The smallest absolute Gasteiger partial charge is 0.328 e. The summed E-state index contributed by atoms with van der Waals surface area (Å²) in [4.78, 5) is 33.0. The first-order valence-electron chi connectivity index (χ1n) is 3.66. The third-order valence-electron chi connectivity index (χ3n) is 2.45. The second-order valence-corrected chi connectivity index (χ2v) is 3.04. The second-order valence-electron chi connectivity index (χ2n) is 3.04. The summed E-state index contributed by atoms with van der Waals surface area (Å²) in [7, 11) is 0. The molecule has 0 aromatic carbocycles. The van der Waals surface area contributed by atoms with E-state index in [4.69, 9.17) is 5.11 Å². The average molecular weight is 186 g/mol. The van der Waals surface area contributed by atoms with E-state index in [1.807, 2.05) is 0 Å². The lowest BCUT2D eigenvalue weighted by atomic mass is 9.80. The Hall–Kier alpha value is -1.59. The third kappa shape index (κ3) is 0.746. The Bertz CT molecular complexity index is 308. The Balaban J connectivity index is 2.47. The minimum Gasteiger partial charge on any atom is -0.480 e. The van der Waals surface area contributed by atoms with Crippen LogP contribution in [0.4, 0.5) is 0 Å². The van der Waals surface area contributed by atoms with Gasteiger partial charge >= 0.3 is 17.9 Å². The molecule has 2 unspecified atom stereocenters. The van der Waals surface area contributed by atoms with Crippen molar-refractivity contribution >= 4 is 17.9 Å². The standard InChI is InChI=1S/C7H6O6/c8-4-3-1-12-6(11)7(3,2-13-4)5(9)10/h3H,1-2H2,(H,9,10). The molecule has 13 heavy (non-hydrogen) atoms. The van der Waals surface area contributed by atoms with Crippen molar-refractivity contribution in [2.45, 2.75) is 0 Å². The first kappa shape index (κ1) is 8.03. The SMILES string of the molecule is O=C1OCC2(C(=O)O)C(=O)OCC12. The highest BCUT2D eigenvalue weighted by atomic mass is 16.6. The quantitative estimate of drug-likeness (QED) is 0.408. The van der Waals surface area contributed by atoms with E-state index >= 15 is 0 Å². The lowest BCUT2D eigenvalue weighted by molar-refractivity contribution is -0.161. The van der Waals surface area contributed by atoms with Crippen LogP contribution in [0.2, 0.25) is 0 Å². The number of fused-ring (bicyclic) bond motifs is 1. The number of esters is 2. The highest BCUT2D eigenvalue weighted by Crippen LogP contribution is 2.41. The fraction of sp³-hybridized carbons (Fsp3) is 0.571. The molecule has 1 N–H and O–H groups in total. The molecule has 2 atom stereocenters. The number of hydrogen-bond donors (Lipinski definition) is 1. The van der Waals surface area contributed by atoms with Gasteiger partial charge in [-0.3, -0.25) is 14.4 Å². The van der Waals surface area contributed by atoms with Gasteiger partial charge in [0.15, 0.2) is 0 Å². The molecule has 0 aromatic rings. The molecular formula is C7H6O6. The molecule has 0 spiro atoms. The summed E-state index contributed by atoms with van der Waals surface area (Å²) >= 11 is 0. The zero-order valence-electron chi connectivity index (χ0n) is 6.48. The van der Waals surface area contributed by atoms with E-state index in [-0.39, 0.29) is 6.61 Å². The Kier molecular flexibility index (Phi) is 1.37. The van der Waals surface area contributed by atoms with Gasteiger partial charge < -0.3 is 14.6 Å². The maximum absolute atomic E-state index is 11.1. The predicted molar refractivity (Wildman–Crippen MR) is 35.5 cm³/mol. The first-order valence-corrected chi connectivity index (χ1v) is 3.66. The number of carbonyl (C=O) groups excluding carboxylic acids is 2. The van der Waals surface area contributed by atoms with E-state index in [1.165, 1.54) is 0 Å². The number of carbonyl (C=O) groups is 3. The van der Waals surface area contributed by atoms with E-state index in [0.29, 0.717) is 0 Å². The van der Waals surface area contributed by atoms with E-state index in [2.05, 4.69) is 9.47 Å². The topological polar surface area (TPSA) is 89.9 Å². The average Bonchev–Trinajstić information content (AvgIpc) is 2.55. The maximum Gasteiger partial charge on any atom is 0.328 e. The normalized spacial score (nSPS) is 36.8. The molecule has 0 amide bonds. The third-order valence-corrected chi connectivity index (χ3v) is 2.45. The lowest BCUT2D eigenvalue weighted by Crippen LogP contribution is -2.41. The van der Waals surface area contributed by atoms with Crippen LogP contribution in [0.1, 0.15) is 0 Å². The molecule has 6 heteroatoms. The Morgan fingerprint density at radius 2 is 2.15 bits per heavy atom. The van der Waals surface area contributed by atoms with Gasteiger partial charge in [0, 0.05) is 0 Å². The number of ether oxygens (including phenoxy) is 2. The molecule has 2 fully saturated rings. The molecule has 2 aliphatic heterocycles. The largest absolute Gasteiger partial charge is 0.480 e. The van der Waals surface area contributed by atoms with Crippen LogP contribution in [0.25, 0.3) is 0 Å².